The average Bonchev–Trinajstić information content (AvgIpc) is 2.43. The Morgan fingerprint density at radius 2 is 1.95 bits per heavy atom. The first kappa shape index (κ1) is 13.6. The molecular weight excluding hydrogens is 300 g/mol. The van der Waals surface area contributed by atoms with Gasteiger partial charge in [0.15, 0.2) is 0 Å². The number of hydrogen-bond donors (Lipinski definition) is 0. The normalized spacial score (nSPS) is 11.0. The van der Waals surface area contributed by atoms with Gasteiger partial charge < -0.3 is 0 Å². The molecule has 0 saturated heterocycles. The van der Waals surface area contributed by atoms with Crippen molar-refractivity contribution in [3.63, 3.8) is 0 Å². The van der Waals surface area contributed by atoms with Crippen LogP contribution >= 0.6 is 11.6 Å². The molecule has 0 atom stereocenters. The first-order valence-electron chi connectivity index (χ1n) is 5.95. The molecule has 0 bridgehead atoms. The van der Waals surface area contributed by atoms with Gasteiger partial charge in [-0.3, -0.25) is 4.79 Å². The number of benzene rings is 1. The van der Waals surface area contributed by atoms with Gasteiger partial charge >= 0.3 is 0 Å². The lowest BCUT2D eigenvalue weighted by molar-refractivity contribution is 0.585. The lowest BCUT2D eigenvalue weighted by atomic mass is 10.1. The number of fused-ring (bicyclic) bond motifs is 1. The van der Waals surface area contributed by atoms with E-state index in [2.05, 4.69) is 10.1 Å². The van der Waals surface area contributed by atoms with Crippen LogP contribution in [0.1, 0.15) is 0 Å². The van der Waals surface area contributed by atoms with Crippen molar-refractivity contribution >= 4 is 22.4 Å². The molecule has 0 spiro atoms. The Labute approximate surface area is 122 Å². The van der Waals surface area contributed by atoms with E-state index in [0.717, 1.165) is 16.8 Å². The molecule has 0 radical (unpaired) electrons. The van der Waals surface area contributed by atoms with Crippen LogP contribution in [-0.4, -0.2) is 14.8 Å². The molecule has 0 aliphatic carbocycles. The number of nitrogens with zero attached hydrogens (tertiary/aromatic N) is 3. The summed E-state index contributed by atoms with van der Waals surface area (Å²) in [4.78, 5) is 16.1. The van der Waals surface area contributed by atoms with Crippen molar-refractivity contribution in [2.75, 3.05) is 0 Å². The molecule has 1 aromatic carbocycles. The van der Waals surface area contributed by atoms with E-state index in [1.807, 2.05) is 0 Å². The Bertz CT molecular complexity index is 924. The topological polar surface area (TPSA) is 47.8 Å². The Hall–Kier alpha value is -2.34. The highest BCUT2D eigenvalue weighted by Crippen LogP contribution is 2.29. The molecular formula is C14H8ClF2N3O. The van der Waals surface area contributed by atoms with Crippen LogP contribution in [-0.2, 0) is 7.05 Å². The third-order valence-electron chi connectivity index (χ3n) is 3.10. The molecule has 2 heterocycles. The SMILES string of the molecule is Cn1ncc2c(-c3ccc(F)cc3F)nc(Cl)cc2c1=O. The average molecular weight is 308 g/mol. The monoisotopic (exact) mass is 307 g/mol. The molecule has 2 aromatic heterocycles. The van der Waals surface area contributed by atoms with Crippen LogP contribution in [0.25, 0.3) is 22.0 Å². The summed E-state index contributed by atoms with van der Waals surface area (Å²) in [5.74, 6) is -1.48. The summed E-state index contributed by atoms with van der Waals surface area (Å²) in [5.41, 5.74) is -0.167. The van der Waals surface area contributed by atoms with Crippen LogP contribution in [0.4, 0.5) is 8.78 Å². The first-order chi connectivity index (χ1) is 9.97. The number of aromatic nitrogens is 3. The zero-order chi connectivity index (χ0) is 15.1. The lowest BCUT2D eigenvalue weighted by Crippen LogP contribution is -2.19. The van der Waals surface area contributed by atoms with Crippen molar-refractivity contribution in [2.24, 2.45) is 7.05 Å². The standard InChI is InChI=1S/C14H8ClF2N3O/c1-20-14(21)9-5-12(15)19-13(10(9)6-18-20)8-3-2-7(16)4-11(8)17/h2-6H,1H3. The highest BCUT2D eigenvalue weighted by molar-refractivity contribution is 6.30. The molecule has 0 saturated carbocycles. The van der Waals surface area contributed by atoms with Gasteiger partial charge in [-0.05, 0) is 18.2 Å². The molecule has 0 N–H and O–H groups in total. The predicted octanol–water partition coefficient (Wildman–Crippen LogP) is 2.93. The van der Waals surface area contributed by atoms with Crippen LogP contribution in [0.5, 0.6) is 0 Å². The Morgan fingerprint density at radius 3 is 2.67 bits per heavy atom. The Morgan fingerprint density at radius 1 is 1.19 bits per heavy atom. The van der Waals surface area contributed by atoms with E-state index in [4.69, 9.17) is 11.6 Å². The molecule has 3 aromatic rings. The van der Waals surface area contributed by atoms with E-state index in [1.54, 1.807) is 0 Å². The summed E-state index contributed by atoms with van der Waals surface area (Å²) in [6.07, 6.45) is 1.40. The van der Waals surface area contributed by atoms with E-state index < -0.39 is 11.6 Å². The van der Waals surface area contributed by atoms with Crippen LogP contribution in [0.3, 0.4) is 0 Å². The highest BCUT2D eigenvalue weighted by atomic mass is 35.5. The second-order valence-electron chi connectivity index (χ2n) is 4.45. The van der Waals surface area contributed by atoms with Gasteiger partial charge in [-0.15, -0.1) is 0 Å². The van der Waals surface area contributed by atoms with E-state index in [-0.39, 0.29) is 27.4 Å². The third-order valence-corrected chi connectivity index (χ3v) is 3.29. The molecule has 3 rings (SSSR count). The number of rotatable bonds is 1. The molecule has 7 heteroatoms. The molecule has 106 valence electrons. The fourth-order valence-corrected chi connectivity index (χ4v) is 2.28. The number of halogens is 3. The Kier molecular flexibility index (Phi) is 3.17. The molecule has 4 nitrogen and oxygen atoms in total. The lowest BCUT2D eigenvalue weighted by Gasteiger charge is -2.08. The van der Waals surface area contributed by atoms with Gasteiger partial charge in [-0.1, -0.05) is 11.6 Å². The fraction of sp³-hybridized carbons (Fsp3) is 0.0714. The summed E-state index contributed by atoms with van der Waals surface area (Å²) in [5, 5.41) is 4.56. The van der Waals surface area contributed by atoms with Crippen molar-refractivity contribution in [1.29, 1.82) is 0 Å². The zero-order valence-corrected chi connectivity index (χ0v) is 11.5. The summed E-state index contributed by atoms with van der Waals surface area (Å²) in [6.45, 7) is 0. The summed E-state index contributed by atoms with van der Waals surface area (Å²) in [6, 6.07) is 4.51. The van der Waals surface area contributed by atoms with E-state index in [1.165, 1.54) is 25.4 Å². The van der Waals surface area contributed by atoms with Gasteiger partial charge in [0.05, 0.1) is 17.3 Å². The molecule has 0 unspecified atom stereocenters. The Balaban J connectivity index is 2.42. The van der Waals surface area contributed by atoms with Crippen molar-refractivity contribution in [2.45, 2.75) is 0 Å². The van der Waals surface area contributed by atoms with Crippen molar-refractivity contribution in [3.8, 4) is 11.3 Å². The minimum atomic E-state index is -0.785. The molecule has 21 heavy (non-hydrogen) atoms. The number of aryl methyl sites for hydroxylation is 1. The summed E-state index contributed by atoms with van der Waals surface area (Å²) < 4.78 is 28.1. The molecule has 0 aliphatic heterocycles. The van der Waals surface area contributed by atoms with E-state index in [9.17, 15) is 13.6 Å². The highest BCUT2D eigenvalue weighted by Gasteiger charge is 2.15. The van der Waals surface area contributed by atoms with Crippen LogP contribution in [0.2, 0.25) is 5.15 Å². The summed E-state index contributed by atoms with van der Waals surface area (Å²) in [7, 11) is 1.49. The van der Waals surface area contributed by atoms with Gasteiger partial charge in [-0.25, -0.2) is 18.4 Å². The van der Waals surface area contributed by atoms with Gasteiger partial charge in [0, 0.05) is 24.1 Å². The maximum Gasteiger partial charge on any atom is 0.274 e. The minimum Gasteiger partial charge on any atom is -0.267 e. The maximum atomic E-state index is 13.9. The third kappa shape index (κ3) is 2.27. The van der Waals surface area contributed by atoms with Gasteiger partial charge in [0.2, 0.25) is 0 Å². The van der Waals surface area contributed by atoms with E-state index >= 15 is 0 Å². The zero-order valence-electron chi connectivity index (χ0n) is 10.8. The largest absolute Gasteiger partial charge is 0.274 e. The molecule has 0 aliphatic rings. The quantitative estimate of drug-likeness (QED) is 0.649. The van der Waals surface area contributed by atoms with Crippen LogP contribution in [0.15, 0.2) is 35.3 Å². The van der Waals surface area contributed by atoms with Crippen LogP contribution in [0, 0.1) is 11.6 Å². The van der Waals surface area contributed by atoms with Crippen molar-refractivity contribution in [3.05, 3.63) is 57.6 Å². The summed E-state index contributed by atoms with van der Waals surface area (Å²) >= 11 is 5.91. The molecule has 0 amide bonds. The molecule has 0 fully saturated rings. The predicted molar refractivity (Wildman–Crippen MR) is 75.1 cm³/mol. The van der Waals surface area contributed by atoms with Gasteiger partial charge in [0.1, 0.15) is 16.8 Å². The van der Waals surface area contributed by atoms with Gasteiger partial charge in [0.25, 0.3) is 5.56 Å². The van der Waals surface area contributed by atoms with Gasteiger partial charge in [-0.2, -0.15) is 5.10 Å². The number of pyridine rings is 1. The van der Waals surface area contributed by atoms with Crippen LogP contribution < -0.4 is 5.56 Å². The second kappa shape index (κ2) is 4.89. The minimum absolute atomic E-state index is 0.0459. The maximum absolute atomic E-state index is 13.9. The number of hydrogen-bond acceptors (Lipinski definition) is 3. The van der Waals surface area contributed by atoms with Crippen molar-refractivity contribution < 1.29 is 8.78 Å². The fourth-order valence-electron chi connectivity index (χ4n) is 2.09. The van der Waals surface area contributed by atoms with Crippen molar-refractivity contribution in [1.82, 2.24) is 14.8 Å². The van der Waals surface area contributed by atoms with E-state index in [0.29, 0.717) is 5.39 Å². The smallest absolute Gasteiger partial charge is 0.267 e. The second-order valence-corrected chi connectivity index (χ2v) is 4.84. The first-order valence-corrected chi connectivity index (χ1v) is 6.33.